The molecule has 0 aliphatic carbocycles. The summed E-state index contributed by atoms with van der Waals surface area (Å²) in [4.78, 5) is 26.6. The number of ether oxygens (including phenoxy) is 2. The van der Waals surface area contributed by atoms with Gasteiger partial charge < -0.3 is 19.7 Å². The Morgan fingerprint density at radius 1 is 1.08 bits per heavy atom. The van der Waals surface area contributed by atoms with Gasteiger partial charge in [0.1, 0.15) is 6.10 Å². The van der Waals surface area contributed by atoms with Crippen molar-refractivity contribution in [3.8, 4) is 11.5 Å². The first-order chi connectivity index (χ1) is 12.1. The zero-order valence-corrected chi connectivity index (χ0v) is 14.7. The second-order valence-corrected chi connectivity index (χ2v) is 6.64. The lowest BCUT2D eigenvalue weighted by molar-refractivity contribution is -0.134. The minimum atomic E-state index is -0.705. The Bertz CT molecular complexity index is 611. The van der Waals surface area contributed by atoms with Crippen LogP contribution in [-0.4, -0.2) is 48.6 Å². The third kappa shape index (κ3) is 4.44. The Morgan fingerprint density at radius 3 is 2.40 bits per heavy atom. The summed E-state index contributed by atoms with van der Waals surface area (Å²) in [5.41, 5.74) is 0. The van der Waals surface area contributed by atoms with Gasteiger partial charge in [0.25, 0.3) is 5.91 Å². The molecule has 1 saturated heterocycles. The quantitative estimate of drug-likeness (QED) is 0.907. The van der Waals surface area contributed by atoms with Crippen molar-refractivity contribution in [2.24, 2.45) is 0 Å². The first-order valence-corrected chi connectivity index (χ1v) is 9.13. The van der Waals surface area contributed by atoms with Gasteiger partial charge in [-0.05, 0) is 31.9 Å². The monoisotopic (exact) mass is 346 g/mol. The fourth-order valence-electron chi connectivity index (χ4n) is 3.28. The number of amides is 2. The second-order valence-electron chi connectivity index (χ2n) is 6.64. The van der Waals surface area contributed by atoms with Crippen LogP contribution in [0.25, 0.3) is 0 Å². The van der Waals surface area contributed by atoms with Gasteiger partial charge in [0, 0.05) is 26.1 Å². The van der Waals surface area contributed by atoms with Crippen molar-refractivity contribution in [3.63, 3.8) is 0 Å². The molecule has 25 heavy (non-hydrogen) atoms. The Labute approximate surface area is 148 Å². The number of likely N-dealkylation sites (tertiary alicyclic amines) is 1. The predicted molar refractivity (Wildman–Crippen MR) is 93.6 cm³/mol. The molecule has 1 N–H and O–H groups in total. The lowest BCUT2D eigenvalue weighted by atomic mass is 10.1. The third-order valence-electron chi connectivity index (χ3n) is 4.70. The van der Waals surface area contributed by atoms with Gasteiger partial charge in [-0.3, -0.25) is 9.59 Å². The fraction of sp³-hybridized carbons (Fsp3) is 0.579. The van der Waals surface area contributed by atoms with Gasteiger partial charge in [-0.2, -0.15) is 0 Å². The van der Waals surface area contributed by atoms with Gasteiger partial charge in [-0.15, -0.1) is 0 Å². The molecule has 1 aromatic carbocycles. The Balaban J connectivity index is 1.47. The number of nitrogens with zero attached hydrogens (tertiary/aromatic N) is 1. The highest BCUT2D eigenvalue weighted by Gasteiger charge is 2.33. The number of hydrogen-bond donors (Lipinski definition) is 1. The number of nitrogens with one attached hydrogen (secondary N) is 1. The van der Waals surface area contributed by atoms with Crippen LogP contribution in [0.2, 0.25) is 0 Å². The molecule has 0 aromatic heterocycles. The van der Waals surface area contributed by atoms with Crippen molar-refractivity contribution in [2.75, 3.05) is 19.6 Å². The van der Waals surface area contributed by atoms with Crippen molar-refractivity contribution in [2.45, 2.75) is 51.2 Å². The number of para-hydroxylation sites is 2. The number of carbonyl (C=O) groups excluding carboxylic acids is 2. The second kappa shape index (κ2) is 8.23. The van der Waals surface area contributed by atoms with Crippen molar-refractivity contribution >= 4 is 11.8 Å². The highest BCUT2D eigenvalue weighted by molar-refractivity contribution is 5.83. The minimum absolute atomic E-state index is 0.112. The average molecular weight is 346 g/mol. The summed E-state index contributed by atoms with van der Waals surface area (Å²) in [6.45, 7) is 3.80. The molecule has 0 radical (unpaired) electrons. The maximum Gasteiger partial charge on any atom is 0.265 e. The highest BCUT2D eigenvalue weighted by atomic mass is 16.6. The summed E-state index contributed by atoms with van der Waals surface area (Å²) in [6.07, 6.45) is 3.77. The van der Waals surface area contributed by atoms with Gasteiger partial charge >= 0.3 is 0 Å². The third-order valence-corrected chi connectivity index (χ3v) is 4.70. The van der Waals surface area contributed by atoms with E-state index < -0.39 is 6.10 Å². The SMILES string of the molecule is CC1Oc2ccccc2OC1C(=O)NCCC(=O)N1CCCCCC1. The van der Waals surface area contributed by atoms with Crippen LogP contribution in [0.4, 0.5) is 0 Å². The van der Waals surface area contributed by atoms with E-state index in [1.54, 1.807) is 6.07 Å². The van der Waals surface area contributed by atoms with Crippen molar-refractivity contribution in [1.82, 2.24) is 10.2 Å². The average Bonchev–Trinajstić information content (AvgIpc) is 2.90. The zero-order valence-electron chi connectivity index (χ0n) is 14.7. The van der Waals surface area contributed by atoms with Crippen LogP contribution in [0.15, 0.2) is 24.3 Å². The van der Waals surface area contributed by atoms with E-state index in [1.807, 2.05) is 30.0 Å². The molecule has 2 unspecified atom stereocenters. The first-order valence-electron chi connectivity index (χ1n) is 9.13. The molecule has 0 spiro atoms. The normalized spacial score (nSPS) is 22.8. The molecule has 1 fully saturated rings. The summed E-state index contributed by atoms with van der Waals surface area (Å²) < 4.78 is 11.5. The Kier molecular flexibility index (Phi) is 5.79. The van der Waals surface area contributed by atoms with Crippen LogP contribution in [0.3, 0.4) is 0 Å². The van der Waals surface area contributed by atoms with Gasteiger partial charge in [0.05, 0.1) is 0 Å². The van der Waals surface area contributed by atoms with Gasteiger partial charge in [-0.25, -0.2) is 0 Å². The highest BCUT2D eigenvalue weighted by Crippen LogP contribution is 2.33. The van der Waals surface area contributed by atoms with E-state index in [1.165, 1.54) is 12.8 Å². The molecule has 6 nitrogen and oxygen atoms in total. The molecule has 3 rings (SSSR count). The van der Waals surface area contributed by atoms with E-state index in [9.17, 15) is 9.59 Å². The van der Waals surface area contributed by atoms with E-state index in [4.69, 9.17) is 9.47 Å². The van der Waals surface area contributed by atoms with E-state index in [-0.39, 0.29) is 17.9 Å². The lowest BCUT2D eigenvalue weighted by Crippen LogP contribution is -2.49. The van der Waals surface area contributed by atoms with Gasteiger partial charge in [0.2, 0.25) is 12.0 Å². The van der Waals surface area contributed by atoms with Crippen molar-refractivity contribution in [1.29, 1.82) is 0 Å². The first kappa shape index (κ1) is 17.6. The van der Waals surface area contributed by atoms with Crippen LogP contribution in [0, 0.1) is 0 Å². The van der Waals surface area contributed by atoms with Crippen LogP contribution in [-0.2, 0) is 9.59 Å². The number of hydrogen-bond acceptors (Lipinski definition) is 4. The van der Waals surface area contributed by atoms with Crippen LogP contribution < -0.4 is 14.8 Å². The summed E-state index contributed by atoms with van der Waals surface area (Å²) in [7, 11) is 0. The molecule has 2 aliphatic rings. The fourth-order valence-corrected chi connectivity index (χ4v) is 3.28. The Hall–Kier alpha value is -2.24. The lowest BCUT2D eigenvalue weighted by Gasteiger charge is -2.31. The standard InChI is InChI=1S/C19H26N2O4/c1-14-18(25-16-9-5-4-8-15(16)24-14)19(23)20-11-10-17(22)21-12-6-2-3-7-13-21/h4-5,8-9,14,18H,2-3,6-7,10-13H2,1H3,(H,20,23). The van der Waals surface area contributed by atoms with E-state index in [0.717, 1.165) is 25.9 Å². The summed E-state index contributed by atoms with van der Waals surface area (Å²) in [6, 6.07) is 7.31. The van der Waals surface area contributed by atoms with E-state index in [2.05, 4.69) is 5.32 Å². The molecule has 1 aromatic rings. The predicted octanol–water partition coefficient (Wildman–Crippen LogP) is 2.12. The van der Waals surface area contributed by atoms with E-state index >= 15 is 0 Å². The Morgan fingerprint density at radius 2 is 1.72 bits per heavy atom. The molecule has 2 amide bonds. The molecule has 136 valence electrons. The summed E-state index contributed by atoms with van der Waals surface area (Å²) >= 11 is 0. The smallest absolute Gasteiger partial charge is 0.265 e. The molecule has 6 heteroatoms. The zero-order chi connectivity index (χ0) is 17.6. The molecular formula is C19H26N2O4. The number of benzene rings is 1. The number of rotatable bonds is 4. The van der Waals surface area contributed by atoms with E-state index in [0.29, 0.717) is 24.5 Å². The molecule has 0 bridgehead atoms. The summed E-state index contributed by atoms with van der Waals surface area (Å²) in [5, 5.41) is 2.81. The van der Waals surface area contributed by atoms with Crippen LogP contribution in [0.1, 0.15) is 39.0 Å². The van der Waals surface area contributed by atoms with Crippen LogP contribution in [0.5, 0.6) is 11.5 Å². The molecule has 2 aliphatic heterocycles. The maximum absolute atomic E-state index is 12.4. The largest absolute Gasteiger partial charge is 0.482 e. The minimum Gasteiger partial charge on any atom is -0.482 e. The van der Waals surface area contributed by atoms with Crippen LogP contribution >= 0.6 is 0 Å². The van der Waals surface area contributed by atoms with Gasteiger partial charge in [0.15, 0.2) is 11.5 Å². The van der Waals surface area contributed by atoms with Gasteiger partial charge in [-0.1, -0.05) is 25.0 Å². The molecular weight excluding hydrogens is 320 g/mol. The molecule has 2 heterocycles. The van der Waals surface area contributed by atoms with Crippen molar-refractivity contribution in [3.05, 3.63) is 24.3 Å². The number of carbonyl (C=O) groups is 2. The summed E-state index contributed by atoms with van der Waals surface area (Å²) in [5.74, 6) is 1.09. The number of fused-ring (bicyclic) bond motifs is 1. The molecule has 0 saturated carbocycles. The maximum atomic E-state index is 12.4. The van der Waals surface area contributed by atoms with Crippen molar-refractivity contribution < 1.29 is 19.1 Å². The molecule has 2 atom stereocenters. The topological polar surface area (TPSA) is 67.9 Å².